The van der Waals surface area contributed by atoms with Gasteiger partial charge in [-0.1, -0.05) is 43.6 Å². The maximum Gasteiger partial charge on any atom is 0.179 e. The van der Waals surface area contributed by atoms with Crippen LogP contribution in [-0.2, 0) is 9.84 Å². The van der Waals surface area contributed by atoms with Crippen molar-refractivity contribution >= 4 is 21.4 Å². The number of aliphatic hydroxyl groups is 1. The van der Waals surface area contributed by atoms with E-state index in [2.05, 4.69) is 0 Å². The third-order valence-electron chi connectivity index (χ3n) is 3.70. The summed E-state index contributed by atoms with van der Waals surface area (Å²) in [6, 6.07) is 12.2. The fourth-order valence-corrected chi connectivity index (χ4v) is 3.04. The first-order valence-electron chi connectivity index (χ1n) is 7.59. The van der Waals surface area contributed by atoms with Gasteiger partial charge in [-0.15, -0.1) is 0 Å². The second-order valence-electron chi connectivity index (χ2n) is 6.06. The topological polar surface area (TPSA) is 63.6 Å². The van der Waals surface area contributed by atoms with Crippen molar-refractivity contribution in [2.75, 3.05) is 12.9 Å². The van der Waals surface area contributed by atoms with E-state index in [1.807, 2.05) is 26.0 Å². The molecule has 2 aromatic rings. The van der Waals surface area contributed by atoms with Gasteiger partial charge in [0.05, 0.1) is 6.10 Å². The summed E-state index contributed by atoms with van der Waals surface area (Å²) in [6.07, 6.45) is 0.465. The van der Waals surface area contributed by atoms with Gasteiger partial charge >= 0.3 is 0 Å². The first kappa shape index (κ1) is 18.8. The predicted octanol–water partition coefficient (Wildman–Crippen LogP) is 3.81. The number of ether oxygens (including phenoxy) is 1. The predicted molar refractivity (Wildman–Crippen MR) is 96.3 cm³/mol. The molecule has 1 N–H and O–H groups in total. The Morgan fingerprint density at radius 2 is 1.67 bits per heavy atom. The van der Waals surface area contributed by atoms with Gasteiger partial charge in [0, 0.05) is 11.3 Å². The molecule has 4 nitrogen and oxygen atoms in total. The van der Waals surface area contributed by atoms with Crippen LogP contribution in [0.15, 0.2) is 47.4 Å². The average molecular weight is 369 g/mol. The highest BCUT2D eigenvalue weighted by Crippen LogP contribution is 2.31. The number of hydrogen-bond donors (Lipinski definition) is 1. The Kier molecular flexibility index (Phi) is 5.91. The molecule has 0 saturated heterocycles. The monoisotopic (exact) mass is 368 g/mol. The van der Waals surface area contributed by atoms with Crippen molar-refractivity contribution in [1.29, 1.82) is 0 Å². The highest BCUT2D eigenvalue weighted by Gasteiger charge is 2.18. The highest BCUT2D eigenvalue weighted by molar-refractivity contribution is 7.90. The van der Waals surface area contributed by atoms with Gasteiger partial charge in [0.25, 0.3) is 0 Å². The van der Waals surface area contributed by atoms with Crippen LogP contribution in [0.5, 0.6) is 5.75 Å². The van der Waals surface area contributed by atoms with Gasteiger partial charge in [-0.25, -0.2) is 8.42 Å². The summed E-state index contributed by atoms with van der Waals surface area (Å²) < 4.78 is 29.5. The molecule has 0 amide bonds. The Labute approximate surface area is 148 Å². The SMILES string of the molecule is CC(C)C(O)COc1cc(-c2ccc(Cl)cc2)ccc1S(C)(=O)=O. The summed E-state index contributed by atoms with van der Waals surface area (Å²) in [5.41, 5.74) is 1.71. The number of sulfone groups is 1. The molecule has 2 aromatic carbocycles. The Balaban J connectivity index is 2.40. The van der Waals surface area contributed by atoms with E-state index in [0.717, 1.165) is 17.4 Å². The smallest absolute Gasteiger partial charge is 0.179 e. The highest BCUT2D eigenvalue weighted by atomic mass is 35.5. The van der Waals surface area contributed by atoms with Crippen LogP contribution in [0.4, 0.5) is 0 Å². The first-order chi connectivity index (χ1) is 11.2. The van der Waals surface area contributed by atoms with Crippen molar-refractivity contribution in [3.63, 3.8) is 0 Å². The fourth-order valence-electron chi connectivity index (χ4n) is 2.12. The second kappa shape index (κ2) is 7.55. The first-order valence-corrected chi connectivity index (χ1v) is 9.86. The van der Waals surface area contributed by atoms with E-state index in [0.29, 0.717) is 5.02 Å². The Bertz CT molecular complexity index is 798. The molecule has 0 fully saturated rings. The summed E-state index contributed by atoms with van der Waals surface area (Å²) in [6.45, 7) is 3.77. The third kappa shape index (κ3) is 4.72. The minimum Gasteiger partial charge on any atom is -0.489 e. The molecule has 24 heavy (non-hydrogen) atoms. The summed E-state index contributed by atoms with van der Waals surface area (Å²) in [5, 5.41) is 10.5. The third-order valence-corrected chi connectivity index (χ3v) is 5.09. The molecule has 1 unspecified atom stereocenters. The molecule has 0 heterocycles. The van der Waals surface area contributed by atoms with Crippen molar-refractivity contribution in [2.45, 2.75) is 24.8 Å². The minimum absolute atomic E-state index is 0.0196. The molecule has 0 aliphatic rings. The van der Waals surface area contributed by atoms with E-state index >= 15 is 0 Å². The van der Waals surface area contributed by atoms with Crippen molar-refractivity contribution in [3.05, 3.63) is 47.5 Å². The van der Waals surface area contributed by atoms with Crippen molar-refractivity contribution < 1.29 is 18.3 Å². The molecular weight excluding hydrogens is 348 g/mol. The maximum absolute atomic E-state index is 12.0. The van der Waals surface area contributed by atoms with Crippen molar-refractivity contribution in [2.24, 2.45) is 5.92 Å². The Hall–Kier alpha value is -1.56. The number of benzene rings is 2. The molecule has 0 aromatic heterocycles. The van der Waals surface area contributed by atoms with Gasteiger partial charge in [0.15, 0.2) is 9.84 Å². The van der Waals surface area contributed by atoms with Crippen molar-refractivity contribution in [1.82, 2.24) is 0 Å². The van der Waals surface area contributed by atoms with E-state index in [4.69, 9.17) is 16.3 Å². The second-order valence-corrected chi connectivity index (χ2v) is 8.48. The van der Waals surface area contributed by atoms with Crippen LogP contribution in [0.2, 0.25) is 5.02 Å². The standard InChI is InChI=1S/C18H21ClO4S/c1-12(2)16(20)11-23-17-10-14(6-9-18(17)24(3,21)22)13-4-7-15(19)8-5-13/h4-10,12,16,20H,11H2,1-3H3. The largest absolute Gasteiger partial charge is 0.489 e. The van der Waals surface area contributed by atoms with E-state index in [-0.39, 0.29) is 23.2 Å². The fraction of sp³-hybridized carbons (Fsp3) is 0.333. The molecule has 0 radical (unpaired) electrons. The van der Waals surface area contributed by atoms with Crippen LogP contribution in [0.3, 0.4) is 0 Å². The zero-order valence-corrected chi connectivity index (χ0v) is 15.4. The van der Waals surface area contributed by atoms with E-state index < -0.39 is 15.9 Å². The van der Waals surface area contributed by atoms with Crippen LogP contribution in [-0.4, -0.2) is 32.5 Å². The van der Waals surface area contributed by atoms with Gasteiger partial charge in [-0.2, -0.15) is 0 Å². The van der Waals surface area contributed by atoms with Crippen LogP contribution in [0, 0.1) is 5.92 Å². The lowest BCUT2D eigenvalue weighted by atomic mass is 10.1. The summed E-state index contributed by atoms with van der Waals surface area (Å²) in [5.74, 6) is 0.260. The number of halogens is 1. The summed E-state index contributed by atoms with van der Waals surface area (Å²) >= 11 is 5.90. The molecule has 0 bridgehead atoms. The quantitative estimate of drug-likeness (QED) is 0.842. The number of rotatable bonds is 6. The molecule has 2 rings (SSSR count). The molecule has 0 aliphatic carbocycles. The van der Waals surface area contributed by atoms with E-state index in [9.17, 15) is 13.5 Å². The molecule has 0 saturated carbocycles. The van der Waals surface area contributed by atoms with Gasteiger partial charge < -0.3 is 9.84 Å². The molecular formula is C18H21ClO4S. The van der Waals surface area contributed by atoms with E-state index in [1.54, 1.807) is 24.3 Å². The van der Waals surface area contributed by atoms with Gasteiger partial charge in [0.1, 0.15) is 17.3 Å². The lowest BCUT2D eigenvalue weighted by Crippen LogP contribution is -2.23. The lowest BCUT2D eigenvalue weighted by molar-refractivity contribution is 0.0689. The van der Waals surface area contributed by atoms with Gasteiger partial charge in [-0.05, 0) is 41.3 Å². The lowest BCUT2D eigenvalue weighted by Gasteiger charge is -2.17. The zero-order chi connectivity index (χ0) is 17.9. The zero-order valence-electron chi connectivity index (χ0n) is 13.9. The number of aliphatic hydroxyl groups excluding tert-OH is 1. The summed E-state index contributed by atoms with van der Waals surface area (Å²) in [4.78, 5) is 0.108. The molecule has 0 spiro atoms. The van der Waals surface area contributed by atoms with Crippen LogP contribution >= 0.6 is 11.6 Å². The molecule has 130 valence electrons. The number of hydrogen-bond acceptors (Lipinski definition) is 4. The maximum atomic E-state index is 12.0. The molecule has 0 aliphatic heterocycles. The minimum atomic E-state index is -3.44. The summed E-state index contributed by atoms with van der Waals surface area (Å²) in [7, 11) is -3.44. The van der Waals surface area contributed by atoms with Crippen LogP contribution in [0.1, 0.15) is 13.8 Å². The average Bonchev–Trinajstić information content (AvgIpc) is 2.52. The van der Waals surface area contributed by atoms with Crippen LogP contribution < -0.4 is 4.74 Å². The van der Waals surface area contributed by atoms with Crippen molar-refractivity contribution in [3.8, 4) is 16.9 Å². The normalized spacial score (nSPS) is 13.1. The Morgan fingerprint density at radius 3 is 2.21 bits per heavy atom. The Morgan fingerprint density at radius 1 is 1.08 bits per heavy atom. The molecule has 6 heteroatoms. The molecule has 1 atom stereocenters. The van der Waals surface area contributed by atoms with Crippen LogP contribution in [0.25, 0.3) is 11.1 Å². The van der Waals surface area contributed by atoms with E-state index in [1.165, 1.54) is 6.07 Å². The van der Waals surface area contributed by atoms with Gasteiger partial charge in [0.2, 0.25) is 0 Å². The van der Waals surface area contributed by atoms with Gasteiger partial charge in [-0.3, -0.25) is 0 Å².